The van der Waals surface area contributed by atoms with E-state index in [0.717, 1.165) is 29.7 Å². The molecular weight excluding hydrogens is 486 g/mol. The molecule has 1 unspecified atom stereocenters. The van der Waals surface area contributed by atoms with Gasteiger partial charge < -0.3 is 15.1 Å². The van der Waals surface area contributed by atoms with E-state index < -0.39 is 16.1 Å². The van der Waals surface area contributed by atoms with Gasteiger partial charge >= 0.3 is 0 Å². The molecule has 0 aliphatic carbocycles. The zero-order valence-corrected chi connectivity index (χ0v) is 22.7. The highest BCUT2D eigenvalue weighted by Gasteiger charge is 2.31. The molecule has 1 aliphatic rings. The van der Waals surface area contributed by atoms with Crippen molar-refractivity contribution in [1.82, 2.24) is 14.6 Å². The highest BCUT2D eigenvalue weighted by atomic mass is 32.2. The minimum Gasteiger partial charge on any atom is -0.377 e. The van der Waals surface area contributed by atoms with Gasteiger partial charge in [0.25, 0.3) is 0 Å². The molecule has 8 nitrogen and oxygen atoms in total. The molecule has 1 saturated heterocycles. The lowest BCUT2D eigenvalue weighted by molar-refractivity contribution is -0.134. The van der Waals surface area contributed by atoms with Gasteiger partial charge in [0.15, 0.2) is 0 Å². The lowest BCUT2D eigenvalue weighted by Gasteiger charge is -2.33. The van der Waals surface area contributed by atoms with E-state index >= 15 is 0 Å². The first-order valence-electron chi connectivity index (χ1n) is 12.9. The van der Waals surface area contributed by atoms with Crippen molar-refractivity contribution in [1.29, 1.82) is 0 Å². The summed E-state index contributed by atoms with van der Waals surface area (Å²) in [4.78, 5) is 21.8. The summed E-state index contributed by atoms with van der Waals surface area (Å²) in [7, 11) is -0.0972. The van der Waals surface area contributed by atoms with Crippen LogP contribution in [0.15, 0.2) is 65.7 Å². The number of amides is 1. The largest absolute Gasteiger partial charge is 0.377 e. The highest BCUT2D eigenvalue weighted by molar-refractivity contribution is 7.89. The molecule has 0 bridgehead atoms. The number of likely N-dealkylation sites (tertiary alicyclic amines) is 1. The van der Waals surface area contributed by atoms with Crippen LogP contribution in [0.1, 0.15) is 32.6 Å². The Balaban J connectivity index is 1.56. The van der Waals surface area contributed by atoms with Crippen molar-refractivity contribution in [3.63, 3.8) is 0 Å². The number of piperidine rings is 1. The normalized spacial score (nSPS) is 15.5. The second kappa shape index (κ2) is 11.9. The molecule has 9 heteroatoms. The van der Waals surface area contributed by atoms with Gasteiger partial charge in [-0.2, -0.15) is 4.72 Å². The Kier molecular flexibility index (Phi) is 8.66. The van der Waals surface area contributed by atoms with E-state index in [0.29, 0.717) is 43.8 Å². The van der Waals surface area contributed by atoms with Gasteiger partial charge in [-0.1, -0.05) is 37.3 Å². The number of rotatable bonds is 10. The van der Waals surface area contributed by atoms with Crippen LogP contribution in [-0.2, 0) is 14.8 Å². The van der Waals surface area contributed by atoms with E-state index in [-0.39, 0.29) is 10.8 Å². The number of pyridine rings is 1. The van der Waals surface area contributed by atoms with Crippen LogP contribution in [0.25, 0.3) is 10.8 Å². The van der Waals surface area contributed by atoms with E-state index in [1.54, 1.807) is 18.3 Å². The van der Waals surface area contributed by atoms with Gasteiger partial charge in [-0.25, -0.2) is 13.4 Å². The van der Waals surface area contributed by atoms with Crippen molar-refractivity contribution in [2.45, 2.75) is 43.5 Å². The van der Waals surface area contributed by atoms with Crippen molar-refractivity contribution in [3.05, 3.63) is 60.8 Å². The monoisotopic (exact) mass is 523 g/mol. The molecule has 37 heavy (non-hydrogen) atoms. The standard InChI is InChI=1S/C28H37N5O3S/c1-21-15-19-33(20-16-21)28(34)24(11-8-18-30-27-14-4-5-17-29-27)31-37(35,36)26-13-7-9-22-23(26)10-6-12-25(22)32(2)3/h4-7,9-10,12-14,17,21,24,31H,8,11,15-16,18-20H2,1-3H3,(H,29,30). The lowest BCUT2D eigenvalue weighted by atomic mass is 9.98. The molecule has 1 aromatic heterocycles. The average Bonchev–Trinajstić information content (AvgIpc) is 2.90. The summed E-state index contributed by atoms with van der Waals surface area (Å²) < 4.78 is 30.2. The van der Waals surface area contributed by atoms with Crippen LogP contribution < -0.4 is 14.9 Å². The van der Waals surface area contributed by atoms with Gasteiger partial charge in [0.1, 0.15) is 11.9 Å². The number of anilines is 2. The number of hydrogen-bond acceptors (Lipinski definition) is 6. The smallest absolute Gasteiger partial charge is 0.241 e. The van der Waals surface area contributed by atoms with Crippen LogP contribution in [0.3, 0.4) is 0 Å². The molecule has 2 aromatic carbocycles. The Morgan fingerprint density at radius 1 is 1.05 bits per heavy atom. The molecule has 0 spiro atoms. The number of sulfonamides is 1. The first kappa shape index (κ1) is 26.9. The van der Waals surface area contributed by atoms with Crippen molar-refractivity contribution in [2.75, 3.05) is 43.9 Å². The summed E-state index contributed by atoms with van der Waals surface area (Å²) in [5.41, 5.74) is 0.935. The van der Waals surface area contributed by atoms with Gasteiger partial charge in [-0.3, -0.25) is 4.79 Å². The zero-order chi connectivity index (χ0) is 26.4. The van der Waals surface area contributed by atoms with E-state index in [9.17, 15) is 13.2 Å². The summed E-state index contributed by atoms with van der Waals surface area (Å²) in [5.74, 6) is 1.18. The number of carbonyl (C=O) groups excluding carboxylic acids is 1. The Hall–Kier alpha value is -3.17. The van der Waals surface area contributed by atoms with Crippen LogP contribution in [-0.4, -0.2) is 64.0 Å². The third kappa shape index (κ3) is 6.59. The second-order valence-corrected chi connectivity index (χ2v) is 11.7. The molecule has 0 radical (unpaired) electrons. The SMILES string of the molecule is CC1CCN(C(=O)C(CCCNc2ccccn2)NS(=O)(=O)c2cccc3c(N(C)C)cccc23)CC1. The molecule has 1 atom stereocenters. The van der Waals surface area contributed by atoms with E-state index in [4.69, 9.17) is 0 Å². The number of fused-ring (bicyclic) bond motifs is 1. The molecule has 2 heterocycles. The topological polar surface area (TPSA) is 94.6 Å². The summed E-state index contributed by atoms with van der Waals surface area (Å²) in [5, 5.41) is 4.73. The number of aromatic nitrogens is 1. The van der Waals surface area contributed by atoms with Crippen LogP contribution in [0, 0.1) is 5.92 Å². The van der Waals surface area contributed by atoms with Crippen LogP contribution >= 0.6 is 0 Å². The minimum absolute atomic E-state index is 0.150. The predicted octanol–water partition coefficient (Wildman–Crippen LogP) is 4.10. The number of hydrogen-bond donors (Lipinski definition) is 2. The first-order valence-corrected chi connectivity index (χ1v) is 14.4. The first-order chi connectivity index (χ1) is 17.8. The van der Waals surface area contributed by atoms with E-state index in [1.807, 2.05) is 66.4 Å². The Morgan fingerprint density at radius 3 is 2.49 bits per heavy atom. The molecule has 4 rings (SSSR count). The maximum Gasteiger partial charge on any atom is 0.241 e. The molecule has 1 aliphatic heterocycles. The molecule has 198 valence electrons. The number of nitrogens with zero attached hydrogens (tertiary/aromatic N) is 3. The summed E-state index contributed by atoms with van der Waals surface area (Å²) in [6.45, 7) is 4.09. The molecule has 3 aromatic rings. The highest BCUT2D eigenvalue weighted by Crippen LogP contribution is 2.30. The Morgan fingerprint density at radius 2 is 1.78 bits per heavy atom. The second-order valence-electron chi connectivity index (χ2n) is 9.99. The molecule has 0 saturated carbocycles. The van der Waals surface area contributed by atoms with Crippen molar-refractivity contribution in [2.24, 2.45) is 5.92 Å². The maximum atomic E-state index is 13.7. The predicted molar refractivity (Wildman–Crippen MR) is 149 cm³/mol. The minimum atomic E-state index is -3.96. The third-order valence-electron chi connectivity index (χ3n) is 6.96. The number of nitrogens with one attached hydrogen (secondary N) is 2. The van der Waals surface area contributed by atoms with E-state index in [1.165, 1.54) is 0 Å². The summed E-state index contributed by atoms with van der Waals surface area (Å²) >= 11 is 0. The molecule has 1 amide bonds. The fourth-order valence-corrected chi connectivity index (χ4v) is 6.26. The van der Waals surface area contributed by atoms with Crippen LogP contribution in [0.5, 0.6) is 0 Å². The summed E-state index contributed by atoms with van der Waals surface area (Å²) in [6, 6.07) is 15.7. The molecule has 1 fully saturated rings. The van der Waals surface area contributed by atoms with E-state index in [2.05, 4.69) is 21.9 Å². The van der Waals surface area contributed by atoms with Gasteiger partial charge in [-0.05, 0) is 55.9 Å². The quantitative estimate of drug-likeness (QED) is 0.389. The molecule has 2 N–H and O–H groups in total. The van der Waals surface area contributed by atoms with Gasteiger partial charge in [0.05, 0.1) is 4.90 Å². The Bertz CT molecular complexity index is 1310. The number of carbonyl (C=O) groups is 1. The summed E-state index contributed by atoms with van der Waals surface area (Å²) in [6.07, 6.45) is 4.58. The van der Waals surface area contributed by atoms with Crippen molar-refractivity contribution < 1.29 is 13.2 Å². The zero-order valence-electron chi connectivity index (χ0n) is 21.9. The van der Waals surface area contributed by atoms with Crippen molar-refractivity contribution in [3.8, 4) is 0 Å². The molecular formula is C28H37N5O3S. The van der Waals surface area contributed by atoms with Crippen LogP contribution in [0.2, 0.25) is 0 Å². The van der Waals surface area contributed by atoms with Gasteiger partial charge in [-0.15, -0.1) is 0 Å². The fraction of sp³-hybridized carbons (Fsp3) is 0.429. The van der Waals surface area contributed by atoms with Gasteiger partial charge in [0.2, 0.25) is 15.9 Å². The van der Waals surface area contributed by atoms with Crippen molar-refractivity contribution >= 4 is 38.2 Å². The lowest BCUT2D eigenvalue weighted by Crippen LogP contribution is -2.50. The average molecular weight is 524 g/mol. The maximum absolute atomic E-state index is 13.7. The van der Waals surface area contributed by atoms with Crippen LogP contribution in [0.4, 0.5) is 11.5 Å². The third-order valence-corrected chi connectivity index (χ3v) is 8.49. The Labute approximate surface area is 220 Å². The van der Waals surface area contributed by atoms with Gasteiger partial charge in [0, 0.05) is 56.4 Å². The number of benzene rings is 2. The fourth-order valence-electron chi connectivity index (χ4n) is 4.81.